The van der Waals surface area contributed by atoms with Crippen molar-refractivity contribution in [3.05, 3.63) is 47.5 Å². The van der Waals surface area contributed by atoms with Crippen LogP contribution in [0.1, 0.15) is 51.6 Å². The second kappa shape index (κ2) is 10.3. The van der Waals surface area contributed by atoms with Crippen LogP contribution in [0, 0.1) is 0 Å². The molecule has 6 heteroatoms. The minimum absolute atomic E-state index is 0.00590. The van der Waals surface area contributed by atoms with Crippen molar-refractivity contribution in [2.45, 2.75) is 52.1 Å². The van der Waals surface area contributed by atoms with E-state index in [4.69, 9.17) is 5.73 Å². The Hall–Kier alpha value is -2.63. The monoisotopic (exact) mass is 345 g/mol. The molecule has 0 aromatic heterocycles. The Morgan fingerprint density at radius 1 is 1.04 bits per heavy atom. The van der Waals surface area contributed by atoms with Crippen molar-refractivity contribution in [3.8, 4) is 0 Å². The van der Waals surface area contributed by atoms with Crippen LogP contribution in [0.25, 0.3) is 0 Å². The number of rotatable bonds is 9. The molecule has 0 saturated carbocycles. The fraction of sp³-hybridized carbons (Fsp3) is 0.421. The summed E-state index contributed by atoms with van der Waals surface area (Å²) in [6.07, 6.45) is 2.24. The molecule has 0 bridgehead atoms. The number of carbonyl (C=O) groups excluding carboxylic acids is 3. The third-order valence-electron chi connectivity index (χ3n) is 3.70. The quantitative estimate of drug-likeness (QED) is 0.596. The molecule has 2 atom stereocenters. The standard InChI is InChI=1S/C19H27N3O3/c1-13(2)9-10-16(19(20)25)22-18(24)12-11-17(23)21-14(3)15-7-5-4-6-8-15/h4-9,14,16H,10-12H2,1-3H3,(H2,20,25)(H,21,23)(H,22,24)/t14-,16-/m1/s1. The zero-order valence-corrected chi connectivity index (χ0v) is 15.0. The molecule has 6 nitrogen and oxygen atoms in total. The van der Waals surface area contributed by atoms with E-state index in [2.05, 4.69) is 10.6 Å². The second-order valence-corrected chi connectivity index (χ2v) is 6.24. The Balaban J connectivity index is 2.42. The summed E-state index contributed by atoms with van der Waals surface area (Å²) < 4.78 is 0. The van der Waals surface area contributed by atoms with Gasteiger partial charge in [-0.15, -0.1) is 0 Å². The highest BCUT2D eigenvalue weighted by Crippen LogP contribution is 2.11. The van der Waals surface area contributed by atoms with Crippen molar-refractivity contribution in [1.82, 2.24) is 10.6 Å². The number of allylic oxidation sites excluding steroid dienone is 1. The van der Waals surface area contributed by atoms with Crippen molar-refractivity contribution in [2.24, 2.45) is 5.73 Å². The van der Waals surface area contributed by atoms with Gasteiger partial charge in [0.25, 0.3) is 0 Å². The van der Waals surface area contributed by atoms with Crippen molar-refractivity contribution in [1.29, 1.82) is 0 Å². The molecule has 0 aliphatic carbocycles. The molecule has 0 heterocycles. The van der Waals surface area contributed by atoms with E-state index in [9.17, 15) is 14.4 Å². The van der Waals surface area contributed by atoms with Gasteiger partial charge in [-0.2, -0.15) is 0 Å². The van der Waals surface area contributed by atoms with E-state index in [1.807, 2.05) is 57.2 Å². The lowest BCUT2D eigenvalue weighted by molar-refractivity contribution is -0.129. The van der Waals surface area contributed by atoms with Gasteiger partial charge in [-0.3, -0.25) is 14.4 Å². The van der Waals surface area contributed by atoms with Crippen molar-refractivity contribution in [3.63, 3.8) is 0 Å². The van der Waals surface area contributed by atoms with E-state index in [-0.39, 0.29) is 30.7 Å². The van der Waals surface area contributed by atoms with Gasteiger partial charge in [-0.1, -0.05) is 42.0 Å². The summed E-state index contributed by atoms with van der Waals surface area (Å²) in [5.74, 6) is -1.17. The largest absolute Gasteiger partial charge is 0.368 e. The van der Waals surface area contributed by atoms with Gasteiger partial charge in [0, 0.05) is 12.8 Å². The fourth-order valence-corrected chi connectivity index (χ4v) is 2.23. The zero-order chi connectivity index (χ0) is 18.8. The number of benzene rings is 1. The highest BCUT2D eigenvalue weighted by molar-refractivity contribution is 5.88. The van der Waals surface area contributed by atoms with Crippen molar-refractivity contribution >= 4 is 17.7 Å². The van der Waals surface area contributed by atoms with E-state index < -0.39 is 11.9 Å². The Morgan fingerprint density at radius 3 is 2.12 bits per heavy atom. The Morgan fingerprint density at radius 2 is 1.60 bits per heavy atom. The first-order chi connectivity index (χ1) is 11.8. The number of hydrogen-bond acceptors (Lipinski definition) is 3. The predicted molar refractivity (Wildman–Crippen MR) is 97.4 cm³/mol. The van der Waals surface area contributed by atoms with E-state index in [0.717, 1.165) is 11.1 Å². The van der Waals surface area contributed by atoms with Crippen LogP contribution in [-0.4, -0.2) is 23.8 Å². The van der Waals surface area contributed by atoms with Crippen LogP contribution >= 0.6 is 0 Å². The van der Waals surface area contributed by atoms with Crippen LogP contribution in [0.15, 0.2) is 42.0 Å². The third kappa shape index (κ3) is 8.15. The van der Waals surface area contributed by atoms with Crippen molar-refractivity contribution in [2.75, 3.05) is 0 Å². The van der Waals surface area contributed by atoms with Crippen molar-refractivity contribution < 1.29 is 14.4 Å². The summed E-state index contributed by atoms with van der Waals surface area (Å²) in [7, 11) is 0. The molecule has 1 rings (SSSR count). The second-order valence-electron chi connectivity index (χ2n) is 6.24. The maximum Gasteiger partial charge on any atom is 0.240 e. The maximum absolute atomic E-state index is 12.0. The SMILES string of the molecule is CC(C)=CC[C@@H](NC(=O)CCC(=O)N[C@H](C)c1ccccc1)C(N)=O. The number of hydrogen-bond donors (Lipinski definition) is 3. The molecule has 0 aliphatic heterocycles. The summed E-state index contributed by atoms with van der Waals surface area (Å²) in [4.78, 5) is 35.3. The molecular weight excluding hydrogens is 318 g/mol. The van der Waals surface area contributed by atoms with E-state index in [0.29, 0.717) is 6.42 Å². The lowest BCUT2D eigenvalue weighted by atomic mass is 10.1. The summed E-state index contributed by atoms with van der Waals surface area (Å²) in [6, 6.07) is 8.69. The Kier molecular flexibility index (Phi) is 8.39. The minimum Gasteiger partial charge on any atom is -0.368 e. The molecule has 1 aromatic rings. The van der Waals surface area contributed by atoms with Crippen LogP contribution in [0.3, 0.4) is 0 Å². The Labute approximate surface area is 148 Å². The minimum atomic E-state index is -0.756. The smallest absolute Gasteiger partial charge is 0.240 e. The summed E-state index contributed by atoms with van der Waals surface area (Å²) in [6.45, 7) is 5.69. The Bertz CT molecular complexity index is 622. The van der Waals surface area contributed by atoms with Crippen LogP contribution in [-0.2, 0) is 14.4 Å². The van der Waals surface area contributed by atoms with Crippen LogP contribution < -0.4 is 16.4 Å². The molecule has 0 saturated heterocycles. The summed E-state index contributed by atoms with van der Waals surface area (Å²) in [5.41, 5.74) is 7.33. The summed E-state index contributed by atoms with van der Waals surface area (Å²) in [5, 5.41) is 5.42. The number of primary amides is 1. The van der Waals surface area contributed by atoms with Gasteiger partial charge < -0.3 is 16.4 Å². The van der Waals surface area contributed by atoms with Gasteiger partial charge in [-0.25, -0.2) is 0 Å². The maximum atomic E-state index is 12.0. The molecule has 1 aromatic carbocycles. The zero-order valence-electron chi connectivity index (χ0n) is 15.0. The number of amides is 3. The average molecular weight is 345 g/mol. The van der Waals surface area contributed by atoms with E-state index in [1.54, 1.807) is 0 Å². The number of carbonyl (C=O) groups is 3. The summed E-state index contributed by atoms with van der Waals surface area (Å²) >= 11 is 0. The molecular formula is C19H27N3O3. The third-order valence-corrected chi connectivity index (χ3v) is 3.70. The van der Waals surface area contributed by atoms with E-state index in [1.165, 1.54) is 0 Å². The molecule has 0 aliphatic rings. The average Bonchev–Trinajstić information content (AvgIpc) is 2.57. The number of nitrogens with one attached hydrogen (secondary N) is 2. The first-order valence-corrected chi connectivity index (χ1v) is 8.36. The van der Waals surface area contributed by atoms with E-state index >= 15 is 0 Å². The normalized spacial score (nSPS) is 12.6. The van der Waals surface area contributed by atoms with Gasteiger partial charge in [0.05, 0.1) is 6.04 Å². The molecule has 136 valence electrons. The molecule has 4 N–H and O–H groups in total. The first-order valence-electron chi connectivity index (χ1n) is 8.36. The topological polar surface area (TPSA) is 101 Å². The number of nitrogens with two attached hydrogens (primary N) is 1. The highest BCUT2D eigenvalue weighted by Gasteiger charge is 2.18. The molecule has 25 heavy (non-hydrogen) atoms. The van der Waals surface area contributed by atoms with Gasteiger partial charge in [0.2, 0.25) is 17.7 Å². The molecule has 0 unspecified atom stereocenters. The molecule has 3 amide bonds. The predicted octanol–water partition coefficient (Wildman–Crippen LogP) is 1.97. The van der Waals surface area contributed by atoms with Gasteiger partial charge >= 0.3 is 0 Å². The van der Waals surface area contributed by atoms with Crippen LogP contribution in [0.5, 0.6) is 0 Å². The fourth-order valence-electron chi connectivity index (χ4n) is 2.23. The van der Waals surface area contributed by atoms with Gasteiger partial charge in [0.15, 0.2) is 0 Å². The van der Waals surface area contributed by atoms with Gasteiger partial charge in [-0.05, 0) is 32.8 Å². The lowest BCUT2D eigenvalue weighted by Gasteiger charge is -2.15. The lowest BCUT2D eigenvalue weighted by Crippen LogP contribution is -2.44. The van der Waals surface area contributed by atoms with Crippen LogP contribution in [0.4, 0.5) is 0 Å². The molecule has 0 radical (unpaired) electrons. The first kappa shape index (κ1) is 20.4. The molecule has 0 spiro atoms. The van der Waals surface area contributed by atoms with Gasteiger partial charge in [0.1, 0.15) is 6.04 Å². The van der Waals surface area contributed by atoms with Crippen LogP contribution in [0.2, 0.25) is 0 Å². The highest BCUT2D eigenvalue weighted by atomic mass is 16.2. The molecule has 0 fully saturated rings.